The molecule has 0 saturated carbocycles. The third-order valence-electron chi connectivity index (χ3n) is 4.52. The van der Waals surface area contributed by atoms with E-state index in [0.717, 1.165) is 6.42 Å². The van der Waals surface area contributed by atoms with Crippen LogP contribution in [-0.2, 0) is 19.0 Å². The molecule has 3 saturated heterocycles. The molecule has 0 bridgehead atoms. The first-order chi connectivity index (χ1) is 9.96. The number of nitrogens with zero attached hydrogens (tertiary/aromatic N) is 1. The lowest BCUT2D eigenvalue weighted by atomic mass is 9.88. The van der Waals surface area contributed by atoms with Crippen LogP contribution in [0.1, 0.15) is 26.7 Å². The highest BCUT2D eigenvalue weighted by molar-refractivity contribution is 5.79. The van der Waals surface area contributed by atoms with Gasteiger partial charge in [-0.25, -0.2) is 0 Å². The summed E-state index contributed by atoms with van der Waals surface area (Å²) in [4.78, 5) is 14.0. The van der Waals surface area contributed by atoms with E-state index >= 15 is 0 Å². The fourth-order valence-corrected chi connectivity index (χ4v) is 3.74. The molecule has 0 aromatic heterocycles. The zero-order valence-corrected chi connectivity index (χ0v) is 12.7. The molecule has 3 aliphatic heterocycles. The van der Waals surface area contributed by atoms with Gasteiger partial charge in [-0.15, -0.1) is 13.2 Å². The van der Waals surface area contributed by atoms with Crippen molar-refractivity contribution in [1.29, 1.82) is 0 Å². The molecule has 0 aliphatic carbocycles. The zero-order valence-electron chi connectivity index (χ0n) is 12.7. The molecule has 0 unspecified atom stereocenters. The maximum atomic E-state index is 12.1. The molecule has 0 spiro atoms. The van der Waals surface area contributed by atoms with Gasteiger partial charge < -0.3 is 19.1 Å². The molecule has 3 rings (SSSR count). The molecule has 5 nitrogen and oxygen atoms in total. The number of likely N-dealkylation sites (tertiary alicyclic amines) is 1. The largest absolute Gasteiger partial charge is 0.342 e. The standard InChI is InChI=1S/C16H23NO4/c1-5-9-17-10(7-8-12(17)18)13-11(6-2)19-15-14(13)20-16(3,4)21-15/h5-6,10-11,13-15H,1-2,7-9H2,3-4H3/t10-,11+,13+,14+,15+/m0/s1. The first kappa shape index (κ1) is 14.8. The normalized spacial score (nSPS) is 41.3. The SMILES string of the molecule is C=CCN1C(=O)CC[C@H]1[C@H]1[C@H]2OC(C)(C)O[C@H]2O[C@@H]1C=C. The second kappa shape index (κ2) is 5.23. The van der Waals surface area contributed by atoms with Crippen LogP contribution in [0.25, 0.3) is 0 Å². The number of hydrogen-bond donors (Lipinski definition) is 0. The Bertz CT molecular complexity index is 461. The first-order valence-electron chi connectivity index (χ1n) is 7.51. The number of carbonyl (C=O) groups excluding carboxylic acids is 1. The minimum Gasteiger partial charge on any atom is -0.342 e. The maximum absolute atomic E-state index is 12.1. The van der Waals surface area contributed by atoms with Crippen molar-refractivity contribution in [2.45, 2.75) is 57.0 Å². The summed E-state index contributed by atoms with van der Waals surface area (Å²) < 4.78 is 17.8. The third-order valence-corrected chi connectivity index (χ3v) is 4.52. The van der Waals surface area contributed by atoms with Gasteiger partial charge >= 0.3 is 0 Å². The lowest BCUT2D eigenvalue weighted by molar-refractivity contribution is -0.206. The Balaban J connectivity index is 1.86. The summed E-state index contributed by atoms with van der Waals surface area (Å²) >= 11 is 0. The molecule has 3 heterocycles. The van der Waals surface area contributed by atoms with E-state index in [4.69, 9.17) is 14.2 Å². The molecule has 5 atom stereocenters. The van der Waals surface area contributed by atoms with Gasteiger partial charge in [0.25, 0.3) is 0 Å². The summed E-state index contributed by atoms with van der Waals surface area (Å²) in [5, 5.41) is 0. The maximum Gasteiger partial charge on any atom is 0.223 e. The molecule has 0 N–H and O–H groups in total. The van der Waals surface area contributed by atoms with Gasteiger partial charge in [-0.3, -0.25) is 4.79 Å². The van der Waals surface area contributed by atoms with Crippen LogP contribution in [0.3, 0.4) is 0 Å². The predicted molar refractivity (Wildman–Crippen MR) is 77.3 cm³/mol. The van der Waals surface area contributed by atoms with Crippen molar-refractivity contribution in [3.8, 4) is 0 Å². The lowest BCUT2D eigenvalue weighted by Crippen LogP contribution is -2.45. The quantitative estimate of drug-likeness (QED) is 0.742. The summed E-state index contributed by atoms with van der Waals surface area (Å²) in [5.41, 5.74) is 0. The highest BCUT2D eigenvalue weighted by Crippen LogP contribution is 2.45. The van der Waals surface area contributed by atoms with E-state index in [2.05, 4.69) is 13.2 Å². The smallest absolute Gasteiger partial charge is 0.223 e. The Hall–Kier alpha value is -1.17. The summed E-state index contributed by atoms with van der Waals surface area (Å²) in [6.07, 6.45) is 4.25. The van der Waals surface area contributed by atoms with E-state index in [0.29, 0.717) is 13.0 Å². The van der Waals surface area contributed by atoms with Crippen molar-refractivity contribution in [2.24, 2.45) is 5.92 Å². The van der Waals surface area contributed by atoms with E-state index in [1.165, 1.54) is 0 Å². The monoisotopic (exact) mass is 293 g/mol. The molecule has 5 heteroatoms. The van der Waals surface area contributed by atoms with Gasteiger partial charge in [-0.05, 0) is 20.3 Å². The van der Waals surface area contributed by atoms with Gasteiger partial charge in [0.1, 0.15) is 6.10 Å². The molecule has 0 aromatic rings. The van der Waals surface area contributed by atoms with Crippen LogP contribution >= 0.6 is 0 Å². The van der Waals surface area contributed by atoms with Crippen molar-refractivity contribution in [2.75, 3.05) is 6.54 Å². The van der Waals surface area contributed by atoms with Crippen molar-refractivity contribution in [1.82, 2.24) is 4.90 Å². The van der Waals surface area contributed by atoms with Crippen LogP contribution in [-0.4, -0.2) is 47.7 Å². The van der Waals surface area contributed by atoms with Gasteiger partial charge in [-0.1, -0.05) is 12.2 Å². The van der Waals surface area contributed by atoms with Crippen molar-refractivity contribution >= 4 is 5.91 Å². The van der Waals surface area contributed by atoms with E-state index in [9.17, 15) is 4.79 Å². The minimum absolute atomic E-state index is 0.0562. The van der Waals surface area contributed by atoms with Gasteiger partial charge in [0.15, 0.2) is 12.1 Å². The van der Waals surface area contributed by atoms with Gasteiger partial charge in [0, 0.05) is 24.9 Å². The molecular formula is C16H23NO4. The second-order valence-corrected chi connectivity index (χ2v) is 6.32. The second-order valence-electron chi connectivity index (χ2n) is 6.32. The molecule has 116 valence electrons. The van der Waals surface area contributed by atoms with E-state index < -0.39 is 5.79 Å². The fourth-order valence-electron chi connectivity index (χ4n) is 3.74. The van der Waals surface area contributed by atoms with Crippen LogP contribution in [0.4, 0.5) is 0 Å². The molecule has 3 aliphatic rings. The molecular weight excluding hydrogens is 270 g/mol. The summed E-state index contributed by atoms with van der Waals surface area (Å²) in [6.45, 7) is 11.9. The van der Waals surface area contributed by atoms with Crippen molar-refractivity contribution in [3.05, 3.63) is 25.3 Å². The van der Waals surface area contributed by atoms with Crippen molar-refractivity contribution in [3.63, 3.8) is 0 Å². The van der Waals surface area contributed by atoms with Crippen molar-refractivity contribution < 1.29 is 19.0 Å². The number of fused-ring (bicyclic) bond motifs is 1. The number of hydrogen-bond acceptors (Lipinski definition) is 4. The molecule has 1 amide bonds. The Morgan fingerprint density at radius 1 is 1.38 bits per heavy atom. The summed E-state index contributed by atoms with van der Waals surface area (Å²) in [6, 6.07) is 0.0889. The minimum atomic E-state index is -0.647. The van der Waals surface area contributed by atoms with E-state index in [1.54, 1.807) is 12.2 Å². The number of amides is 1. The number of rotatable bonds is 4. The van der Waals surface area contributed by atoms with Gasteiger partial charge in [0.05, 0.1) is 6.10 Å². The van der Waals surface area contributed by atoms with Gasteiger partial charge in [-0.2, -0.15) is 0 Å². The van der Waals surface area contributed by atoms with E-state index in [-0.39, 0.29) is 36.4 Å². The highest BCUT2D eigenvalue weighted by Gasteiger charge is 2.57. The third kappa shape index (κ3) is 2.43. The van der Waals surface area contributed by atoms with Crippen LogP contribution in [0.15, 0.2) is 25.3 Å². The Labute approximate surface area is 125 Å². The van der Waals surface area contributed by atoms with E-state index in [1.807, 2.05) is 18.7 Å². The zero-order chi connectivity index (χ0) is 15.2. The summed E-state index contributed by atoms with van der Waals surface area (Å²) in [7, 11) is 0. The average Bonchev–Trinajstić information content (AvgIpc) is 3.01. The molecule has 0 aromatic carbocycles. The molecule has 0 radical (unpaired) electrons. The number of ether oxygens (including phenoxy) is 3. The van der Waals surface area contributed by atoms with Crippen LogP contribution < -0.4 is 0 Å². The van der Waals surface area contributed by atoms with Gasteiger partial charge in [0.2, 0.25) is 5.91 Å². The van der Waals surface area contributed by atoms with Crippen LogP contribution in [0.5, 0.6) is 0 Å². The lowest BCUT2D eigenvalue weighted by Gasteiger charge is -2.33. The first-order valence-corrected chi connectivity index (χ1v) is 7.51. The fraction of sp³-hybridized carbons (Fsp3) is 0.688. The summed E-state index contributed by atoms with van der Waals surface area (Å²) in [5.74, 6) is -0.420. The predicted octanol–water partition coefficient (Wildman–Crippen LogP) is 1.84. The molecule has 21 heavy (non-hydrogen) atoms. The average molecular weight is 293 g/mol. The number of carbonyl (C=O) groups is 1. The van der Waals surface area contributed by atoms with Crippen LogP contribution in [0, 0.1) is 5.92 Å². The Morgan fingerprint density at radius 3 is 2.81 bits per heavy atom. The Kier molecular flexibility index (Phi) is 3.67. The molecule has 3 fully saturated rings. The van der Waals surface area contributed by atoms with Crippen LogP contribution in [0.2, 0.25) is 0 Å². The Morgan fingerprint density at radius 2 is 2.14 bits per heavy atom. The topological polar surface area (TPSA) is 48.0 Å². The highest BCUT2D eigenvalue weighted by atomic mass is 16.8.